The zero-order valence-electron chi connectivity index (χ0n) is 11.2. The summed E-state index contributed by atoms with van der Waals surface area (Å²) < 4.78 is 9.89. The van der Waals surface area contributed by atoms with Crippen LogP contribution in [0.15, 0.2) is 0 Å². The molecule has 0 aromatic carbocycles. The SMILES string of the molecule is CNc1snc(C)c1C(=O)N1C[C@H](C)O[C@@H](C)C1. The summed E-state index contributed by atoms with van der Waals surface area (Å²) in [7, 11) is 1.81. The van der Waals surface area contributed by atoms with Crippen molar-refractivity contribution in [3.8, 4) is 0 Å². The number of amides is 1. The van der Waals surface area contributed by atoms with Gasteiger partial charge in [-0.1, -0.05) is 0 Å². The lowest BCUT2D eigenvalue weighted by atomic mass is 10.1. The molecular formula is C12H19N3O2S. The standard InChI is InChI=1S/C12H19N3O2S/c1-7-5-15(6-8(2)17-7)12(16)10-9(3)14-18-11(10)13-4/h7-8,13H,5-6H2,1-4H3/t7-,8-/m0/s1. The first-order valence-corrected chi connectivity index (χ1v) is 6.89. The summed E-state index contributed by atoms with van der Waals surface area (Å²) in [4.78, 5) is 14.4. The fraction of sp³-hybridized carbons (Fsp3) is 0.667. The maximum Gasteiger partial charge on any atom is 0.258 e. The van der Waals surface area contributed by atoms with E-state index >= 15 is 0 Å². The van der Waals surface area contributed by atoms with Crippen molar-refractivity contribution < 1.29 is 9.53 Å². The van der Waals surface area contributed by atoms with E-state index in [1.165, 1.54) is 11.5 Å². The lowest BCUT2D eigenvalue weighted by molar-refractivity contribution is -0.0586. The van der Waals surface area contributed by atoms with E-state index in [-0.39, 0.29) is 18.1 Å². The van der Waals surface area contributed by atoms with Crippen LogP contribution in [-0.2, 0) is 4.74 Å². The first kappa shape index (κ1) is 13.3. The van der Waals surface area contributed by atoms with Crippen molar-refractivity contribution in [2.24, 2.45) is 0 Å². The van der Waals surface area contributed by atoms with Crippen LogP contribution >= 0.6 is 11.5 Å². The minimum absolute atomic E-state index is 0.0487. The van der Waals surface area contributed by atoms with Crippen LogP contribution in [-0.4, -0.2) is 47.5 Å². The van der Waals surface area contributed by atoms with E-state index < -0.39 is 0 Å². The molecule has 1 N–H and O–H groups in total. The topological polar surface area (TPSA) is 54.5 Å². The van der Waals surface area contributed by atoms with Gasteiger partial charge in [-0.05, 0) is 32.3 Å². The lowest BCUT2D eigenvalue weighted by Gasteiger charge is -2.35. The first-order valence-electron chi connectivity index (χ1n) is 6.11. The van der Waals surface area contributed by atoms with Crippen LogP contribution in [0.3, 0.4) is 0 Å². The summed E-state index contributed by atoms with van der Waals surface area (Å²) in [6.07, 6.45) is 0.172. The van der Waals surface area contributed by atoms with Gasteiger partial charge in [0, 0.05) is 20.1 Å². The van der Waals surface area contributed by atoms with Gasteiger partial charge in [0.2, 0.25) is 0 Å². The summed E-state index contributed by atoms with van der Waals surface area (Å²) in [5, 5.41) is 3.87. The molecule has 0 aliphatic carbocycles. The fourth-order valence-corrected chi connectivity index (χ4v) is 3.03. The van der Waals surface area contributed by atoms with Crippen LogP contribution in [0.2, 0.25) is 0 Å². The van der Waals surface area contributed by atoms with E-state index in [0.717, 1.165) is 10.7 Å². The van der Waals surface area contributed by atoms with Gasteiger partial charge >= 0.3 is 0 Å². The highest BCUT2D eigenvalue weighted by atomic mass is 32.1. The van der Waals surface area contributed by atoms with Gasteiger partial charge in [0.05, 0.1) is 23.5 Å². The largest absolute Gasteiger partial charge is 0.378 e. The molecule has 18 heavy (non-hydrogen) atoms. The third-order valence-corrected chi connectivity index (χ3v) is 3.97. The van der Waals surface area contributed by atoms with Gasteiger partial charge in [-0.25, -0.2) is 0 Å². The van der Waals surface area contributed by atoms with Gasteiger partial charge in [0.25, 0.3) is 5.91 Å². The van der Waals surface area contributed by atoms with Gasteiger partial charge in [0.1, 0.15) is 5.00 Å². The minimum atomic E-state index is 0.0487. The second-order valence-corrected chi connectivity index (χ2v) is 5.46. The molecule has 100 valence electrons. The van der Waals surface area contributed by atoms with Crippen LogP contribution in [0, 0.1) is 6.92 Å². The molecule has 1 aliphatic rings. The minimum Gasteiger partial charge on any atom is -0.378 e. The third kappa shape index (κ3) is 2.49. The number of rotatable bonds is 2. The van der Waals surface area contributed by atoms with Gasteiger partial charge in [-0.15, -0.1) is 0 Å². The Morgan fingerprint density at radius 1 is 1.44 bits per heavy atom. The average molecular weight is 269 g/mol. The Balaban J connectivity index is 2.22. The molecule has 0 spiro atoms. The van der Waals surface area contributed by atoms with Crippen molar-refractivity contribution in [1.82, 2.24) is 9.27 Å². The Labute approximate surface area is 111 Å². The van der Waals surface area contributed by atoms with Gasteiger partial charge in [-0.2, -0.15) is 4.37 Å². The maximum atomic E-state index is 12.5. The normalized spacial score (nSPS) is 24.1. The molecule has 0 bridgehead atoms. The number of hydrogen-bond acceptors (Lipinski definition) is 5. The molecule has 2 atom stereocenters. The van der Waals surface area contributed by atoms with Crippen LogP contribution in [0.1, 0.15) is 29.9 Å². The van der Waals surface area contributed by atoms with Crippen LogP contribution in [0.25, 0.3) is 0 Å². The van der Waals surface area contributed by atoms with Crippen LogP contribution in [0.4, 0.5) is 5.00 Å². The Kier molecular flexibility index (Phi) is 3.87. The smallest absolute Gasteiger partial charge is 0.258 e. The van der Waals surface area contributed by atoms with E-state index in [2.05, 4.69) is 9.69 Å². The highest BCUT2D eigenvalue weighted by molar-refractivity contribution is 7.10. The van der Waals surface area contributed by atoms with Crippen molar-refractivity contribution in [3.05, 3.63) is 11.3 Å². The zero-order chi connectivity index (χ0) is 13.3. The van der Waals surface area contributed by atoms with Crippen molar-refractivity contribution in [3.63, 3.8) is 0 Å². The van der Waals surface area contributed by atoms with E-state index in [1.54, 1.807) is 0 Å². The molecule has 6 heteroatoms. The number of nitrogens with zero attached hydrogens (tertiary/aromatic N) is 2. The number of aryl methyl sites for hydroxylation is 1. The number of anilines is 1. The molecule has 1 fully saturated rings. The summed E-state index contributed by atoms with van der Waals surface area (Å²) in [6, 6.07) is 0. The molecule has 1 saturated heterocycles. The molecule has 0 unspecified atom stereocenters. The summed E-state index contributed by atoms with van der Waals surface area (Å²) in [5.41, 5.74) is 1.49. The summed E-state index contributed by atoms with van der Waals surface area (Å²) in [6.45, 7) is 7.14. The second-order valence-electron chi connectivity index (χ2n) is 4.69. The van der Waals surface area contributed by atoms with Crippen molar-refractivity contribution in [2.45, 2.75) is 33.0 Å². The quantitative estimate of drug-likeness (QED) is 0.888. The molecule has 2 rings (SSSR count). The number of carbonyl (C=O) groups excluding carboxylic acids is 1. The Morgan fingerprint density at radius 3 is 2.61 bits per heavy atom. The van der Waals surface area contributed by atoms with E-state index in [0.29, 0.717) is 18.7 Å². The molecule has 1 aromatic rings. The Hall–Kier alpha value is -1.14. The van der Waals surface area contributed by atoms with Crippen molar-refractivity contribution in [1.29, 1.82) is 0 Å². The Morgan fingerprint density at radius 2 is 2.06 bits per heavy atom. The average Bonchev–Trinajstić information content (AvgIpc) is 2.68. The maximum absolute atomic E-state index is 12.5. The molecule has 1 amide bonds. The first-order chi connectivity index (χ1) is 8.52. The van der Waals surface area contributed by atoms with Crippen molar-refractivity contribution >= 4 is 22.4 Å². The van der Waals surface area contributed by atoms with Crippen molar-refractivity contribution in [2.75, 3.05) is 25.5 Å². The predicted octanol–water partition coefficient (Wildman–Crippen LogP) is 1.74. The summed E-state index contributed by atoms with van der Waals surface area (Å²) in [5.74, 6) is 0.0487. The number of aromatic nitrogens is 1. The number of nitrogens with one attached hydrogen (secondary N) is 1. The predicted molar refractivity (Wildman–Crippen MR) is 72.3 cm³/mol. The number of morpholine rings is 1. The van der Waals surface area contributed by atoms with E-state index in [4.69, 9.17) is 4.74 Å². The fourth-order valence-electron chi connectivity index (χ4n) is 2.29. The lowest BCUT2D eigenvalue weighted by Crippen LogP contribution is -2.48. The second kappa shape index (κ2) is 5.24. The number of carbonyl (C=O) groups is 1. The summed E-state index contributed by atoms with van der Waals surface area (Å²) >= 11 is 1.33. The molecular weight excluding hydrogens is 250 g/mol. The number of hydrogen-bond donors (Lipinski definition) is 1. The Bertz CT molecular complexity index is 437. The monoisotopic (exact) mass is 269 g/mol. The molecule has 1 aromatic heterocycles. The van der Waals surface area contributed by atoms with E-state index in [1.807, 2.05) is 32.7 Å². The van der Waals surface area contributed by atoms with Crippen LogP contribution in [0.5, 0.6) is 0 Å². The highest BCUT2D eigenvalue weighted by Crippen LogP contribution is 2.26. The highest BCUT2D eigenvalue weighted by Gasteiger charge is 2.29. The third-order valence-electron chi connectivity index (χ3n) is 3.01. The van der Waals surface area contributed by atoms with E-state index in [9.17, 15) is 4.79 Å². The molecule has 0 radical (unpaired) electrons. The van der Waals surface area contributed by atoms with Gasteiger partial charge in [-0.3, -0.25) is 4.79 Å². The molecule has 5 nitrogen and oxygen atoms in total. The number of ether oxygens (including phenoxy) is 1. The zero-order valence-corrected chi connectivity index (χ0v) is 12.0. The molecule has 2 heterocycles. The molecule has 1 aliphatic heterocycles. The molecule has 0 saturated carbocycles. The van der Waals surface area contributed by atoms with Gasteiger partial charge in [0.15, 0.2) is 0 Å². The van der Waals surface area contributed by atoms with Crippen LogP contribution < -0.4 is 5.32 Å². The van der Waals surface area contributed by atoms with Gasteiger partial charge < -0.3 is 15.0 Å².